The summed E-state index contributed by atoms with van der Waals surface area (Å²) < 4.78 is 27.9. The number of methoxy groups -OCH3 is 1. The van der Waals surface area contributed by atoms with Crippen molar-refractivity contribution in [1.29, 1.82) is 0 Å². The molecular formula is C39H44N2O10S2. The summed E-state index contributed by atoms with van der Waals surface area (Å²) in [5.41, 5.74) is 2.28. The second kappa shape index (κ2) is 20.1. The zero-order chi connectivity index (χ0) is 38.5. The van der Waals surface area contributed by atoms with Gasteiger partial charge >= 0.3 is 17.8 Å². The normalized spacial score (nSPS) is 22.0. The summed E-state index contributed by atoms with van der Waals surface area (Å²) in [6.45, 7) is 9.32. The second-order valence-corrected chi connectivity index (χ2v) is 15.4. The van der Waals surface area contributed by atoms with E-state index in [0.29, 0.717) is 29.0 Å². The zero-order valence-electron chi connectivity index (χ0n) is 30.5. The van der Waals surface area contributed by atoms with E-state index in [1.54, 1.807) is 37.3 Å². The summed E-state index contributed by atoms with van der Waals surface area (Å²) in [4.78, 5) is 50.2. The third-order valence-electron chi connectivity index (χ3n) is 8.16. The molecule has 1 fully saturated rings. The largest absolute Gasteiger partial charge is 0.453 e. The fourth-order valence-electron chi connectivity index (χ4n) is 5.77. The quantitative estimate of drug-likeness (QED) is 0.0998. The van der Waals surface area contributed by atoms with Crippen LogP contribution in [0.4, 0.5) is 15.3 Å². The first-order valence-electron chi connectivity index (χ1n) is 17.0. The fourth-order valence-corrected chi connectivity index (χ4v) is 7.75. The summed E-state index contributed by atoms with van der Waals surface area (Å²) in [6, 6.07) is 6.46. The second-order valence-electron chi connectivity index (χ2n) is 12.5. The number of fused-ring (bicyclic) bond motifs is 1. The Kier molecular flexibility index (Phi) is 15.7. The molecule has 1 aromatic heterocycles. The van der Waals surface area contributed by atoms with Gasteiger partial charge in [0, 0.05) is 52.6 Å². The van der Waals surface area contributed by atoms with Crippen LogP contribution in [-0.4, -0.2) is 72.4 Å². The van der Waals surface area contributed by atoms with E-state index < -0.39 is 36.3 Å². The van der Waals surface area contributed by atoms with Crippen LogP contribution in [-0.2, 0) is 23.7 Å². The number of allylic oxidation sites excluding steroid dienone is 3. The van der Waals surface area contributed by atoms with Gasteiger partial charge in [0.1, 0.15) is 18.3 Å². The van der Waals surface area contributed by atoms with Crippen LogP contribution >= 0.6 is 21.6 Å². The molecule has 12 nitrogen and oxygen atoms in total. The van der Waals surface area contributed by atoms with E-state index in [0.717, 1.165) is 16.5 Å². The van der Waals surface area contributed by atoms with E-state index in [1.807, 2.05) is 33.8 Å². The molecule has 6 atom stereocenters. The molecule has 0 spiro atoms. The van der Waals surface area contributed by atoms with E-state index in [1.165, 1.54) is 34.8 Å². The van der Waals surface area contributed by atoms with Gasteiger partial charge in [0.2, 0.25) is 0 Å². The molecule has 0 saturated carbocycles. The molecule has 2 aliphatic rings. The van der Waals surface area contributed by atoms with Crippen molar-refractivity contribution in [1.82, 2.24) is 5.32 Å². The predicted octanol–water partition coefficient (Wildman–Crippen LogP) is 6.42. The van der Waals surface area contributed by atoms with Gasteiger partial charge in [0.05, 0.1) is 25.0 Å². The molecule has 0 radical (unpaired) electrons. The Morgan fingerprint density at radius 2 is 1.89 bits per heavy atom. The molecule has 282 valence electrons. The van der Waals surface area contributed by atoms with Crippen molar-refractivity contribution in [2.45, 2.75) is 83.7 Å². The summed E-state index contributed by atoms with van der Waals surface area (Å²) in [6.07, 6.45) is 1.73. The minimum absolute atomic E-state index is 0.0244. The number of aliphatic hydroxyl groups is 1. The molecule has 53 heavy (non-hydrogen) atoms. The van der Waals surface area contributed by atoms with Gasteiger partial charge in [0.25, 0.3) is 0 Å². The summed E-state index contributed by atoms with van der Waals surface area (Å²) in [7, 11) is 4.24. The summed E-state index contributed by atoms with van der Waals surface area (Å²) >= 11 is 0. The summed E-state index contributed by atoms with van der Waals surface area (Å²) in [5.74, 6) is 11.5. The zero-order valence-corrected chi connectivity index (χ0v) is 32.1. The van der Waals surface area contributed by atoms with Crippen LogP contribution in [0.25, 0.3) is 11.0 Å². The predicted molar refractivity (Wildman–Crippen MR) is 206 cm³/mol. The Hall–Kier alpha value is -4.44. The van der Waals surface area contributed by atoms with Crippen molar-refractivity contribution in [3.05, 3.63) is 75.3 Å². The van der Waals surface area contributed by atoms with Gasteiger partial charge in [-0.2, -0.15) is 0 Å². The molecule has 4 rings (SSSR count). The Bertz CT molecular complexity index is 1940. The topological polar surface area (TPSA) is 163 Å². The number of rotatable bonds is 11. The van der Waals surface area contributed by atoms with Gasteiger partial charge in [-0.1, -0.05) is 52.3 Å². The molecule has 14 heteroatoms. The van der Waals surface area contributed by atoms with Crippen molar-refractivity contribution in [2.24, 2.45) is 5.92 Å². The van der Waals surface area contributed by atoms with Crippen LogP contribution in [0.1, 0.15) is 52.5 Å². The van der Waals surface area contributed by atoms with Crippen LogP contribution in [0.2, 0.25) is 0 Å². The first kappa shape index (κ1) is 41.3. The standard InChI is InChI=1S/C39H44N2O10S2/c1-7-8-9-10-11-12-32(51-35-21-28(42)19-25(4)49-35)36-30(23(2)17-31(43)37(36)41-38(45)47-6)15-16-52-53-26(5)22-48-39(46)40-27-13-14-29-24(3)18-34(44)50-33(29)20-27/h9-10,13-15,18,20,23,25-26,28,32,35,42H,16-17,19,21-22H2,1-6H3,(H,40,46)(H,41,45)/b10-9-,30-15-/t23?,25-,26-,28+,32+,35+/m1/s1. The van der Waals surface area contributed by atoms with Crippen molar-refractivity contribution < 1.29 is 42.9 Å². The number of ketones is 1. The lowest BCUT2D eigenvalue weighted by Crippen LogP contribution is -2.41. The number of Topliss-reactive ketones (excluding diaryl/α,β-unsaturated/α-hetero) is 1. The van der Waals surface area contributed by atoms with Gasteiger partial charge in [-0.15, -0.1) is 5.92 Å². The highest BCUT2D eigenvalue weighted by molar-refractivity contribution is 8.77. The van der Waals surface area contributed by atoms with Crippen molar-refractivity contribution >= 4 is 56.2 Å². The molecule has 3 N–H and O–H groups in total. The average molecular weight is 765 g/mol. The summed E-state index contributed by atoms with van der Waals surface area (Å²) in [5, 5.41) is 16.4. The van der Waals surface area contributed by atoms with Crippen molar-refractivity contribution in [2.75, 3.05) is 24.8 Å². The maximum atomic E-state index is 13.4. The molecule has 1 aromatic carbocycles. The number of carbonyl (C=O) groups is 3. The van der Waals surface area contributed by atoms with Crippen LogP contribution in [0.3, 0.4) is 0 Å². The van der Waals surface area contributed by atoms with Gasteiger partial charge in [0.15, 0.2) is 12.1 Å². The van der Waals surface area contributed by atoms with E-state index >= 15 is 0 Å². The highest BCUT2D eigenvalue weighted by Gasteiger charge is 2.37. The van der Waals surface area contributed by atoms with Crippen LogP contribution in [0.5, 0.6) is 0 Å². The first-order chi connectivity index (χ1) is 25.4. The SMILES string of the molecule is CC#C/C=C\C#C[C@H](O[C@H]1C[C@@H](O)C[C@@H](C)O1)C1=C(NC(=O)OC)C(=O)CC(C)/C1=C/CSS[C@H](C)COC(=O)Nc1ccc2c(C)cc(=O)oc2c1. The molecule has 2 aromatic rings. The van der Waals surface area contributed by atoms with Crippen LogP contribution in [0.15, 0.2) is 68.5 Å². The number of ether oxygens (including phenoxy) is 4. The fraction of sp³-hybridized carbons (Fsp3) is 0.436. The van der Waals surface area contributed by atoms with E-state index in [4.69, 9.17) is 23.4 Å². The minimum atomic E-state index is -1.02. The van der Waals surface area contributed by atoms with Gasteiger partial charge in [-0.3, -0.25) is 15.4 Å². The number of benzene rings is 1. The molecule has 1 aliphatic heterocycles. The highest BCUT2D eigenvalue weighted by Crippen LogP contribution is 2.37. The number of nitrogens with one attached hydrogen (secondary N) is 2. The van der Waals surface area contributed by atoms with Gasteiger partial charge in [-0.25, -0.2) is 14.4 Å². The molecule has 1 unspecified atom stereocenters. The van der Waals surface area contributed by atoms with Crippen molar-refractivity contribution in [3.63, 3.8) is 0 Å². The Morgan fingerprint density at radius 1 is 1.11 bits per heavy atom. The molecule has 2 heterocycles. The maximum Gasteiger partial charge on any atom is 0.411 e. The van der Waals surface area contributed by atoms with E-state index in [9.17, 15) is 24.3 Å². The number of anilines is 1. The van der Waals surface area contributed by atoms with Crippen LogP contribution < -0.4 is 16.3 Å². The van der Waals surface area contributed by atoms with Gasteiger partial charge in [-0.05, 0) is 75.5 Å². The number of hydrogen-bond acceptors (Lipinski definition) is 12. The number of hydrogen-bond donors (Lipinski definition) is 3. The number of alkyl carbamates (subject to hydrolysis) is 1. The molecule has 0 bridgehead atoms. The number of amides is 2. The third kappa shape index (κ3) is 12.3. The Labute approximate surface area is 316 Å². The van der Waals surface area contributed by atoms with Crippen LogP contribution in [0, 0.1) is 36.5 Å². The third-order valence-corrected chi connectivity index (χ3v) is 10.9. The molecule has 1 aliphatic carbocycles. The minimum Gasteiger partial charge on any atom is -0.453 e. The number of aryl methyl sites for hydroxylation is 1. The van der Waals surface area contributed by atoms with E-state index in [2.05, 4.69) is 34.3 Å². The molecule has 1 saturated heterocycles. The monoisotopic (exact) mass is 764 g/mol. The number of carbonyl (C=O) groups excluding carboxylic acids is 3. The lowest BCUT2D eigenvalue weighted by atomic mass is 9.79. The van der Waals surface area contributed by atoms with E-state index in [-0.39, 0.29) is 48.2 Å². The maximum absolute atomic E-state index is 13.4. The average Bonchev–Trinajstić information content (AvgIpc) is 3.09. The smallest absolute Gasteiger partial charge is 0.411 e. The lowest BCUT2D eigenvalue weighted by Gasteiger charge is -2.35. The lowest BCUT2D eigenvalue weighted by molar-refractivity contribution is -0.216. The molecular weight excluding hydrogens is 721 g/mol. The first-order valence-corrected chi connectivity index (χ1v) is 19.4. The Morgan fingerprint density at radius 3 is 2.62 bits per heavy atom. The van der Waals surface area contributed by atoms with Gasteiger partial charge < -0.3 is 28.5 Å². The number of aliphatic hydroxyl groups excluding tert-OH is 1. The highest BCUT2D eigenvalue weighted by atomic mass is 33.1. The Balaban J connectivity index is 1.48. The molecule has 2 amide bonds. The van der Waals surface area contributed by atoms with Crippen molar-refractivity contribution in [3.8, 4) is 23.7 Å².